The second kappa shape index (κ2) is 7.37. The van der Waals surface area contributed by atoms with E-state index in [0.29, 0.717) is 0 Å². The molecular weight excluding hydrogens is 282 g/mol. The van der Waals surface area contributed by atoms with Gasteiger partial charge in [0.1, 0.15) is 5.75 Å². The van der Waals surface area contributed by atoms with E-state index in [-0.39, 0.29) is 5.38 Å². The fourth-order valence-corrected chi connectivity index (χ4v) is 2.67. The molecule has 1 unspecified atom stereocenters. The summed E-state index contributed by atoms with van der Waals surface area (Å²) in [5.74, 6) is 0.855. The lowest BCUT2D eigenvalue weighted by Crippen LogP contribution is -2.26. The number of likely N-dealkylation sites (N-methyl/N-ethyl adjacent to an activating group) is 1. The molecule has 2 rings (SSSR count). The average molecular weight is 304 g/mol. The molecule has 0 spiro atoms. The molecule has 0 aliphatic carbocycles. The third-order valence-electron chi connectivity index (χ3n) is 3.61. The van der Waals surface area contributed by atoms with Crippen molar-refractivity contribution in [1.29, 1.82) is 0 Å². The number of methoxy groups -OCH3 is 1. The van der Waals surface area contributed by atoms with Crippen LogP contribution in [-0.4, -0.2) is 20.2 Å². The van der Waals surface area contributed by atoms with Gasteiger partial charge in [-0.1, -0.05) is 24.3 Å². The van der Waals surface area contributed by atoms with Gasteiger partial charge >= 0.3 is 0 Å². The van der Waals surface area contributed by atoms with Crippen molar-refractivity contribution in [1.82, 2.24) is 0 Å². The van der Waals surface area contributed by atoms with E-state index < -0.39 is 0 Å². The van der Waals surface area contributed by atoms with Gasteiger partial charge in [0.25, 0.3) is 0 Å². The minimum absolute atomic E-state index is 0.0450. The van der Waals surface area contributed by atoms with Crippen molar-refractivity contribution in [2.24, 2.45) is 0 Å². The minimum atomic E-state index is -0.0450. The van der Waals surface area contributed by atoms with Crippen LogP contribution in [-0.2, 0) is 0 Å². The number of hydrogen-bond acceptors (Lipinski definition) is 2. The van der Waals surface area contributed by atoms with Gasteiger partial charge in [-0.15, -0.1) is 11.6 Å². The van der Waals surface area contributed by atoms with Crippen molar-refractivity contribution in [3.05, 3.63) is 59.7 Å². The molecule has 0 saturated carbocycles. The molecule has 0 heterocycles. The Labute approximate surface area is 132 Å². The van der Waals surface area contributed by atoms with Crippen LogP contribution < -0.4 is 9.64 Å². The molecule has 1 atom stereocenters. The summed E-state index contributed by atoms with van der Waals surface area (Å²) in [5.41, 5.74) is 3.60. The van der Waals surface area contributed by atoms with Gasteiger partial charge in [0, 0.05) is 18.8 Å². The van der Waals surface area contributed by atoms with Gasteiger partial charge in [-0.2, -0.15) is 0 Å². The molecule has 2 nitrogen and oxygen atoms in total. The molecule has 0 amide bonds. The van der Waals surface area contributed by atoms with E-state index in [4.69, 9.17) is 16.3 Å². The normalized spacial score (nSPS) is 12.0. The highest BCUT2D eigenvalue weighted by atomic mass is 35.5. The van der Waals surface area contributed by atoms with Crippen molar-refractivity contribution in [3.8, 4) is 5.75 Å². The Bertz CT molecular complexity index is 568. The first-order chi connectivity index (χ1) is 10.1. The Morgan fingerprint density at radius 1 is 1.14 bits per heavy atom. The zero-order valence-corrected chi connectivity index (χ0v) is 13.6. The quantitative estimate of drug-likeness (QED) is 0.710. The van der Waals surface area contributed by atoms with Crippen LogP contribution in [0.5, 0.6) is 5.75 Å². The van der Waals surface area contributed by atoms with E-state index in [1.807, 2.05) is 24.3 Å². The highest BCUT2D eigenvalue weighted by Crippen LogP contribution is 2.26. The molecule has 21 heavy (non-hydrogen) atoms. The van der Waals surface area contributed by atoms with Crippen LogP contribution in [0.1, 0.15) is 23.4 Å². The first kappa shape index (κ1) is 15.7. The van der Waals surface area contributed by atoms with Crippen LogP contribution in [0.3, 0.4) is 0 Å². The van der Waals surface area contributed by atoms with Gasteiger partial charge in [0.05, 0.1) is 12.5 Å². The van der Waals surface area contributed by atoms with Crippen LogP contribution in [0.4, 0.5) is 5.69 Å². The smallest absolute Gasteiger partial charge is 0.118 e. The highest BCUT2D eigenvalue weighted by molar-refractivity contribution is 6.21. The first-order valence-corrected chi connectivity index (χ1v) is 7.67. The monoisotopic (exact) mass is 303 g/mol. The van der Waals surface area contributed by atoms with E-state index in [1.165, 1.54) is 11.3 Å². The first-order valence-electron chi connectivity index (χ1n) is 7.23. The second-order valence-electron chi connectivity index (χ2n) is 5.12. The highest BCUT2D eigenvalue weighted by Gasteiger charge is 2.13. The van der Waals surface area contributed by atoms with E-state index in [1.54, 1.807) is 7.11 Å². The number of hydrogen-bond donors (Lipinski definition) is 0. The molecule has 0 saturated heterocycles. The second-order valence-corrected chi connectivity index (χ2v) is 5.65. The summed E-state index contributed by atoms with van der Waals surface area (Å²) < 4.78 is 5.18. The van der Waals surface area contributed by atoms with Crippen LogP contribution in [0, 0.1) is 6.92 Å². The van der Waals surface area contributed by atoms with Gasteiger partial charge in [-0.25, -0.2) is 0 Å². The summed E-state index contributed by atoms with van der Waals surface area (Å²) in [4.78, 5) is 2.30. The number of halogens is 1. The van der Waals surface area contributed by atoms with E-state index >= 15 is 0 Å². The summed E-state index contributed by atoms with van der Waals surface area (Å²) in [7, 11) is 1.67. The SMILES string of the molecule is CCN(CC(Cl)c1ccc(OC)cc1)c1cccc(C)c1. The van der Waals surface area contributed by atoms with Crippen molar-refractivity contribution in [2.45, 2.75) is 19.2 Å². The number of benzene rings is 2. The fourth-order valence-electron chi connectivity index (χ4n) is 2.35. The molecule has 0 radical (unpaired) electrons. The Balaban J connectivity index is 2.10. The van der Waals surface area contributed by atoms with Gasteiger partial charge in [0.15, 0.2) is 0 Å². The number of ether oxygens (including phenoxy) is 1. The van der Waals surface area contributed by atoms with Crippen molar-refractivity contribution in [3.63, 3.8) is 0 Å². The molecule has 3 heteroatoms. The number of anilines is 1. The molecule has 112 valence electrons. The van der Waals surface area contributed by atoms with Crippen LogP contribution >= 0.6 is 11.6 Å². The Morgan fingerprint density at radius 2 is 1.86 bits per heavy atom. The number of rotatable bonds is 6. The zero-order chi connectivity index (χ0) is 15.2. The Hall–Kier alpha value is -1.67. The Kier molecular flexibility index (Phi) is 5.51. The van der Waals surface area contributed by atoms with E-state index in [2.05, 4.69) is 43.0 Å². The predicted molar refractivity (Wildman–Crippen MR) is 90.7 cm³/mol. The molecule has 0 bridgehead atoms. The molecule has 0 fully saturated rings. The average Bonchev–Trinajstić information content (AvgIpc) is 2.52. The predicted octanol–water partition coefficient (Wildman–Crippen LogP) is 4.81. The molecule has 2 aromatic carbocycles. The largest absolute Gasteiger partial charge is 0.497 e. The third kappa shape index (κ3) is 4.15. The summed E-state index contributed by atoms with van der Waals surface area (Å²) in [6, 6.07) is 16.5. The number of alkyl halides is 1. The lowest BCUT2D eigenvalue weighted by Gasteiger charge is -2.26. The van der Waals surface area contributed by atoms with Crippen molar-refractivity contribution in [2.75, 3.05) is 25.1 Å². The number of nitrogens with zero attached hydrogens (tertiary/aromatic N) is 1. The maximum atomic E-state index is 6.58. The van der Waals surface area contributed by atoms with Crippen molar-refractivity contribution < 1.29 is 4.74 Å². The van der Waals surface area contributed by atoms with Crippen molar-refractivity contribution >= 4 is 17.3 Å². The third-order valence-corrected chi connectivity index (χ3v) is 4.00. The maximum absolute atomic E-state index is 6.58. The summed E-state index contributed by atoms with van der Waals surface area (Å²) in [5, 5.41) is -0.0450. The summed E-state index contributed by atoms with van der Waals surface area (Å²) in [6.45, 7) is 5.98. The lowest BCUT2D eigenvalue weighted by molar-refractivity contribution is 0.414. The van der Waals surface area contributed by atoms with E-state index in [0.717, 1.165) is 24.4 Å². The molecule has 0 aromatic heterocycles. The van der Waals surface area contributed by atoms with Gasteiger partial charge in [-0.3, -0.25) is 0 Å². The standard InChI is InChI=1S/C18H22ClNO/c1-4-20(16-7-5-6-14(2)12-16)13-18(19)15-8-10-17(21-3)11-9-15/h5-12,18H,4,13H2,1-3H3. The molecule has 0 N–H and O–H groups in total. The van der Waals surface area contributed by atoms with Gasteiger partial charge in [-0.05, 0) is 49.2 Å². The topological polar surface area (TPSA) is 12.5 Å². The Morgan fingerprint density at radius 3 is 2.43 bits per heavy atom. The molecule has 0 aliphatic heterocycles. The maximum Gasteiger partial charge on any atom is 0.118 e. The minimum Gasteiger partial charge on any atom is -0.497 e. The summed E-state index contributed by atoms with van der Waals surface area (Å²) >= 11 is 6.58. The summed E-state index contributed by atoms with van der Waals surface area (Å²) in [6.07, 6.45) is 0. The van der Waals surface area contributed by atoms with E-state index in [9.17, 15) is 0 Å². The fraction of sp³-hybridized carbons (Fsp3) is 0.333. The molecule has 0 aliphatic rings. The van der Waals surface area contributed by atoms with Gasteiger partial charge < -0.3 is 9.64 Å². The molecular formula is C18H22ClNO. The van der Waals surface area contributed by atoms with Crippen LogP contribution in [0.2, 0.25) is 0 Å². The van der Waals surface area contributed by atoms with Crippen LogP contribution in [0.25, 0.3) is 0 Å². The lowest BCUT2D eigenvalue weighted by atomic mass is 10.1. The number of aryl methyl sites for hydroxylation is 1. The van der Waals surface area contributed by atoms with Crippen LogP contribution in [0.15, 0.2) is 48.5 Å². The molecule has 2 aromatic rings. The zero-order valence-electron chi connectivity index (χ0n) is 12.8. The van der Waals surface area contributed by atoms with Gasteiger partial charge in [0.2, 0.25) is 0 Å².